The van der Waals surface area contributed by atoms with Gasteiger partial charge in [0.05, 0.1) is 0 Å². The van der Waals surface area contributed by atoms with Crippen molar-refractivity contribution in [2.24, 2.45) is 0 Å². The monoisotopic (exact) mass is 840 g/mol. The minimum atomic E-state index is -0.0759. The van der Waals surface area contributed by atoms with Gasteiger partial charge in [-0.2, -0.15) is 0 Å². The molecule has 2 nitrogen and oxygen atoms in total. The quantitative estimate of drug-likeness (QED) is 0.164. The smallest absolute Gasteiger partial charge is 0.333 e. The summed E-state index contributed by atoms with van der Waals surface area (Å²) in [6, 6.07) is 62.7. The lowest BCUT2D eigenvalue weighted by molar-refractivity contribution is 0.332. The first kappa shape index (κ1) is 37.9. The Labute approximate surface area is 380 Å². The first-order chi connectivity index (χ1) is 31.0. The van der Waals surface area contributed by atoms with Crippen molar-refractivity contribution in [1.82, 2.24) is 0 Å². The number of anilines is 5. The van der Waals surface area contributed by atoms with Crippen molar-refractivity contribution in [3.63, 3.8) is 0 Å². The lowest BCUT2D eigenvalue weighted by atomic mass is 9.43. The van der Waals surface area contributed by atoms with Gasteiger partial charge < -0.3 is 9.71 Å². The van der Waals surface area contributed by atoms with Crippen LogP contribution in [0.4, 0.5) is 28.4 Å². The molecule has 0 amide bonds. The Kier molecular flexibility index (Phi) is 7.97. The van der Waals surface area contributed by atoms with Crippen molar-refractivity contribution in [2.75, 3.05) is 9.71 Å². The molecule has 0 atom stereocenters. The first-order valence-corrected chi connectivity index (χ1v) is 23.8. The third kappa shape index (κ3) is 5.45. The zero-order chi connectivity index (χ0) is 43.2. The summed E-state index contributed by atoms with van der Waals surface area (Å²) in [5.74, 6) is 0. The third-order valence-electron chi connectivity index (χ3n) is 15.2. The number of aryl methyl sites for hydroxylation is 2. The van der Waals surface area contributed by atoms with Crippen LogP contribution in [0, 0.1) is 13.8 Å². The fourth-order valence-corrected chi connectivity index (χ4v) is 12.9. The van der Waals surface area contributed by atoms with Gasteiger partial charge >= 0.3 is 6.85 Å². The van der Waals surface area contributed by atoms with Gasteiger partial charge in [-0.3, -0.25) is 0 Å². The molecule has 0 spiro atoms. The van der Waals surface area contributed by atoms with Crippen LogP contribution in [0.5, 0.6) is 0 Å². The highest BCUT2D eigenvalue weighted by Crippen LogP contribution is 2.54. The van der Waals surface area contributed by atoms with Gasteiger partial charge in [0.2, 0.25) is 0 Å². The van der Waals surface area contributed by atoms with E-state index in [4.69, 9.17) is 0 Å². The molecule has 0 saturated heterocycles. The van der Waals surface area contributed by atoms with Gasteiger partial charge in [0.1, 0.15) is 0 Å². The van der Waals surface area contributed by atoms with E-state index in [1.54, 1.807) is 0 Å². The largest absolute Gasteiger partial charge is 0.376 e. The van der Waals surface area contributed by atoms with Crippen LogP contribution >= 0.6 is 11.3 Å². The Morgan fingerprint density at radius 3 is 1.86 bits per heavy atom. The van der Waals surface area contributed by atoms with Gasteiger partial charge in [-0.1, -0.05) is 137 Å². The molecule has 13 rings (SSSR count). The molecule has 0 fully saturated rings. The molecule has 4 heteroatoms. The van der Waals surface area contributed by atoms with E-state index in [1.807, 2.05) is 11.3 Å². The number of hydrogen-bond acceptors (Lipinski definition) is 3. The minimum absolute atomic E-state index is 0.0707. The van der Waals surface area contributed by atoms with Crippen LogP contribution in [0.2, 0.25) is 0 Å². The summed E-state index contributed by atoms with van der Waals surface area (Å²) in [6.07, 6.45) is 2.37. The fraction of sp³-hybridized carbons (Fsp3) is 0.167. The Bertz CT molecular complexity index is 3600. The Balaban J connectivity index is 1.16. The Morgan fingerprint density at radius 2 is 1.14 bits per heavy atom. The van der Waals surface area contributed by atoms with Gasteiger partial charge in [0, 0.05) is 54.2 Å². The maximum atomic E-state index is 2.69. The summed E-state index contributed by atoms with van der Waals surface area (Å²) in [7, 11) is 0. The van der Waals surface area contributed by atoms with Gasteiger partial charge in [-0.15, -0.1) is 11.3 Å². The molecular weight excluding hydrogens is 792 g/mol. The van der Waals surface area contributed by atoms with E-state index in [2.05, 4.69) is 215 Å². The van der Waals surface area contributed by atoms with E-state index in [9.17, 15) is 0 Å². The average molecular weight is 841 g/mol. The number of benzene rings is 9. The van der Waals surface area contributed by atoms with Crippen molar-refractivity contribution < 1.29 is 0 Å². The number of thiophene rings is 1. The molecular formula is C60H49BN2S. The van der Waals surface area contributed by atoms with Crippen LogP contribution in [-0.2, 0) is 10.8 Å². The number of hydrogen-bond donors (Lipinski definition) is 0. The van der Waals surface area contributed by atoms with Gasteiger partial charge in [0.15, 0.2) is 0 Å². The average Bonchev–Trinajstić information content (AvgIpc) is 3.67. The maximum absolute atomic E-state index is 2.69. The molecule has 0 N–H and O–H groups in total. The second-order valence-corrected chi connectivity index (χ2v) is 21.2. The van der Waals surface area contributed by atoms with Crippen molar-refractivity contribution in [1.29, 1.82) is 0 Å². The molecule has 1 aliphatic carbocycles. The second-order valence-electron chi connectivity index (χ2n) is 20.1. The molecule has 64 heavy (non-hydrogen) atoms. The predicted octanol–water partition coefficient (Wildman–Crippen LogP) is 15.7. The number of rotatable bonds is 3. The Hall–Kier alpha value is -6.62. The van der Waals surface area contributed by atoms with Crippen LogP contribution in [0.25, 0.3) is 64.0 Å². The molecule has 0 unspecified atom stereocenters. The topological polar surface area (TPSA) is 6.48 Å². The van der Waals surface area contributed by atoms with Crippen molar-refractivity contribution >= 4 is 99.3 Å². The molecule has 0 radical (unpaired) electrons. The molecule has 2 aliphatic heterocycles. The molecule has 1 aromatic heterocycles. The first-order valence-electron chi connectivity index (χ1n) is 23.0. The molecule has 308 valence electrons. The van der Waals surface area contributed by atoms with Gasteiger partial charge in [0.25, 0.3) is 0 Å². The molecule has 10 aromatic rings. The van der Waals surface area contributed by atoms with E-state index in [0.717, 1.165) is 0 Å². The highest BCUT2D eigenvalue weighted by Gasteiger charge is 2.47. The lowest BCUT2D eigenvalue weighted by Crippen LogP contribution is -2.61. The van der Waals surface area contributed by atoms with Crippen LogP contribution in [0.1, 0.15) is 62.8 Å². The summed E-state index contributed by atoms with van der Waals surface area (Å²) in [4.78, 5) is 5.35. The summed E-state index contributed by atoms with van der Waals surface area (Å²) >= 11 is 1.92. The van der Waals surface area contributed by atoms with E-state index >= 15 is 0 Å². The molecule has 3 aliphatic rings. The number of fused-ring (bicyclic) bond motifs is 11. The molecule has 0 bridgehead atoms. The number of nitrogens with zero attached hydrogens (tertiary/aromatic N) is 2. The standard InChI is InChI=1S/C60H49BN2S/c1-36-28-46-56-50(24-25-54-57(56)45-31-40-16-10-13-19-43(40)34-55(45)64-54)63(44-22-20-39(21-23-44)38-14-8-7-9-15-38)61-49-32-41-17-11-12-18-42(41)33-52(49)62(53(29-36)58(46)61)51-35-48-47(30-37(51)2)59(3,4)26-27-60(48,5)6/h7-25,28-35H,26-27H2,1-6H3. The maximum Gasteiger partial charge on any atom is 0.333 e. The Morgan fingerprint density at radius 1 is 0.516 bits per heavy atom. The third-order valence-corrected chi connectivity index (χ3v) is 16.3. The lowest BCUT2D eigenvalue weighted by Gasteiger charge is -2.47. The SMILES string of the molecule is Cc1cc2c3c(c1)N(c1cc4c(cc1C)C(C)(C)CCC4(C)C)c1cc4ccccc4cc1B3N(c1ccc(-c3ccccc3)cc1)c1ccc3sc4cc5ccccc5cc4c3c1-2. The zero-order valence-corrected chi connectivity index (χ0v) is 38.2. The zero-order valence-electron chi connectivity index (χ0n) is 37.4. The van der Waals surface area contributed by atoms with Crippen LogP contribution < -0.4 is 20.6 Å². The minimum Gasteiger partial charge on any atom is -0.376 e. The fourth-order valence-electron chi connectivity index (χ4n) is 11.8. The van der Waals surface area contributed by atoms with Crippen LogP contribution in [-0.4, -0.2) is 6.85 Å². The second kappa shape index (κ2) is 13.5. The summed E-state index contributed by atoms with van der Waals surface area (Å²) < 4.78 is 2.66. The van der Waals surface area contributed by atoms with Crippen molar-refractivity contribution in [3.8, 4) is 22.3 Å². The summed E-state index contributed by atoms with van der Waals surface area (Å²) in [5.41, 5.74) is 19.8. The van der Waals surface area contributed by atoms with Gasteiger partial charge in [-0.05, 0) is 164 Å². The summed E-state index contributed by atoms with van der Waals surface area (Å²) in [6.45, 7) is 14.4. The molecule has 9 aromatic carbocycles. The van der Waals surface area contributed by atoms with E-state index in [1.165, 1.54) is 138 Å². The van der Waals surface area contributed by atoms with Crippen molar-refractivity contribution in [2.45, 2.75) is 65.2 Å². The van der Waals surface area contributed by atoms with E-state index in [0.29, 0.717) is 0 Å². The summed E-state index contributed by atoms with van der Waals surface area (Å²) in [5, 5.41) is 7.77. The van der Waals surface area contributed by atoms with Gasteiger partial charge in [-0.25, -0.2) is 0 Å². The van der Waals surface area contributed by atoms with E-state index in [-0.39, 0.29) is 17.7 Å². The van der Waals surface area contributed by atoms with E-state index < -0.39 is 0 Å². The molecule has 3 heterocycles. The highest BCUT2D eigenvalue weighted by molar-refractivity contribution is 7.26. The van der Waals surface area contributed by atoms with Crippen LogP contribution in [0.15, 0.2) is 164 Å². The normalized spacial score (nSPS) is 15.7. The van der Waals surface area contributed by atoms with Crippen LogP contribution in [0.3, 0.4) is 0 Å². The predicted molar refractivity (Wildman–Crippen MR) is 278 cm³/mol. The van der Waals surface area contributed by atoms with Crippen molar-refractivity contribution in [3.05, 3.63) is 186 Å². The molecule has 0 saturated carbocycles. The highest BCUT2D eigenvalue weighted by atomic mass is 32.1.